The summed E-state index contributed by atoms with van der Waals surface area (Å²) in [4.78, 5) is 21.2. The second kappa shape index (κ2) is 5.32. The van der Waals surface area contributed by atoms with E-state index in [9.17, 15) is 9.59 Å². The maximum absolute atomic E-state index is 10.7. The van der Waals surface area contributed by atoms with Crippen LogP contribution in [-0.4, -0.2) is 17.0 Å². The number of primary amides is 1. The van der Waals surface area contributed by atoms with Gasteiger partial charge < -0.3 is 10.8 Å². The molecule has 0 aliphatic carbocycles. The predicted octanol–water partition coefficient (Wildman–Crippen LogP) is 1.93. The molecule has 0 aromatic heterocycles. The maximum atomic E-state index is 10.7. The molecule has 0 aliphatic rings. The van der Waals surface area contributed by atoms with Crippen molar-refractivity contribution in [1.82, 2.24) is 0 Å². The fourth-order valence-electron chi connectivity index (χ4n) is 1.14. The van der Waals surface area contributed by atoms with Crippen molar-refractivity contribution in [1.29, 1.82) is 0 Å². The van der Waals surface area contributed by atoms with Crippen LogP contribution in [0.4, 0.5) is 0 Å². The van der Waals surface area contributed by atoms with Crippen LogP contribution in [0.1, 0.15) is 22.3 Å². The topological polar surface area (TPSA) is 80.4 Å². The minimum Gasteiger partial charge on any atom is -0.478 e. The fourth-order valence-corrected chi connectivity index (χ4v) is 1.39. The van der Waals surface area contributed by atoms with Crippen molar-refractivity contribution in [2.24, 2.45) is 5.73 Å². The zero-order valence-electron chi connectivity index (χ0n) is 8.31. The van der Waals surface area contributed by atoms with Crippen LogP contribution in [0.15, 0.2) is 24.3 Å². The van der Waals surface area contributed by atoms with Crippen LogP contribution < -0.4 is 5.73 Å². The Hall–Kier alpha value is -1.81. The van der Waals surface area contributed by atoms with E-state index in [1.165, 1.54) is 12.1 Å². The normalized spacial score (nSPS) is 10.6. The molecule has 0 radical (unpaired) electrons. The molecule has 3 N–H and O–H groups in total. The third-order valence-electron chi connectivity index (χ3n) is 1.80. The summed E-state index contributed by atoms with van der Waals surface area (Å²) in [5.41, 5.74) is 5.67. The van der Waals surface area contributed by atoms with Crippen LogP contribution in [0.2, 0.25) is 5.02 Å². The first-order chi connectivity index (χ1) is 7.49. The van der Waals surface area contributed by atoms with Gasteiger partial charge in [-0.1, -0.05) is 23.8 Å². The van der Waals surface area contributed by atoms with E-state index in [1.807, 2.05) is 0 Å². The largest absolute Gasteiger partial charge is 0.478 e. The van der Waals surface area contributed by atoms with E-state index in [1.54, 1.807) is 18.2 Å². The van der Waals surface area contributed by atoms with Gasteiger partial charge in [-0.25, -0.2) is 4.79 Å². The van der Waals surface area contributed by atoms with E-state index in [2.05, 4.69) is 0 Å². The number of amides is 1. The Morgan fingerprint density at radius 3 is 2.62 bits per heavy atom. The minimum atomic E-state index is -1.05. The lowest BCUT2D eigenvalue weighted by atomic mass is 10.1. The Kier molecular flexibility index (Phi) is 4.08. The van der Waals surface area contributed by atoms with Crippen molar-refractivity contribution < 1.29 is 14.7 Å². The predicted molar refractivity (Wildman–Crippen MR) is 61.3 cm³/mol. The van der Waals surface area contributed by atoms with Gasteiger partial charge in [-0.3, -0.25) is 4.79 Å². The molecule has 0 heterocycles. The molecular formula is C11H10ClNO3. The molecule has 1 amide bonds. The summed E-state index contributed by atoms with van der Waals surface area (Å²) in [7, 11) is 0. The number of halogens is 1. The Morgan fingerprint density at radius 2 is 2.06 bits per heavy atom. The second-order valence-electron chi connectivity index (χ2n) is 3.15. The highest BCUT2D eigenvalue weighted by Gasteiger charge is 2.04. The second-order valence-corrected chi connectivity index (χ2v) is 3.59. The molecule has 0 bridgehead atoms. The smallest absolute Gasteiger partial charge is 0.335 e. The average Bonchev–Trinajstić information content (AvgIpc) is 2.16. The summed E-state index contributed by atoms with van der Waals surface area (Å²) < 4.78 is 0. The molecule has 1 rings (SSSR count). The summed E-state index contributed by atoms with van der Waals surface area (Å²) >= 11 is 5.75. The molecule has 4 nitrogen and oxygen atoms in total. The van der Waals surface area contributed by atoms with Crippen molar-refractivity contribution in [3.05, 3.63) is 40.4 Å². The Morgan fingerprint density at radius 1 is 1.38 bits per heavy atom. The van der Waals surface area contributed by atoms with Crippen molar-refractivity contribution in [3.8, 4) is 0 Å². The average molecular weight is 240 g/mol. The number of rotatable bonds is 4. The lowest BCUT2D eigenvalue weighted by Crippen LogP contribution is -2.07. The molecule has 5 heteroatoms. The lowest BCUT2D eigenvalue weighted by Gasteiger charge is -1.99. The highest BCUT2D eigenvalue weighted by molar-refractivity contribution is 6.31. The number of benzene rings is 1. The molecule has 0 atom stereocenters. The summed E-state index contributed by atoms with van der Waals surface area (Å²) in [6, 6.07) is 4.42. The van der Waals surface area contributed by atoms with Crippen molar-refractivity contribution in [3.63, 3.8) is 0 Å². The molecule has 1 aromatic carbocycles. The van der Waals surface area contributed by atoms with Gasteiger partial charge in [0, 0.05) is 11.4 Å². The fraction of sp³-hybridized carbons (Fsp3) is 0.0909. The minimum absolute atomic E-state index is 0.103. The number of hydrogen-bond acceptors (Lipinski definition) is 2. The number of carbonyl (C=O) groups is 2. The Balaban J connectivity index is 2.92. The van der Waals surface area contributed by atoms with Gasteiger partial charge in [0.1, 0.15) is 0 Å². The van der Waals surface area contributed by atoms with Gasteiger partial charge in [0.25, 0.3) is 0 Å². The molecular weight excluding hydrogens is 230 g/mol. The number of carboxylic acid groups (broad SMARTS) is 1. The summed E-state index contributed by atoms with van der Waals surface area (Å²) in [6.45, 7) is 0. The molecule has 0 saturated heterocycles. The number of aromatic carboxylic acids is 1. The van der Waals surface area contributed by atoms with Crippen molar-refractivity contribution in [2.75, 3.05) is 0 Å². The Bertz CT molecular complexity index is 455. The van der Waals surface area contributed by atoms with Gasteiger partial charge in [-0.05, 0) is 23.8 Å². The van der Waals surface area contributed by atoms with Crippen LogP contribution >= 0.6 is 11.6 Å². The number of nitrogens with two attached hydrogens (primary N) is 1. The summed E-state index contributed by atoms with van der Waals surface area (Å²) in [6.07, 6.45) is 3.26. The third kappa shape index (κ3) is 3.74. The molecule has 1 aromatic rings. The molecule has 0 saturated carbocycles. The highest BCUT2D eigenvalue weighted by atomic mass is 35.5. The van der Waals surface area contributed by atoms with E-state index >= 15 is 0 Å². The van der Waals surface area contributed by atoms with E-state index in [4.69, 9.17) is 22.4 Å². The first-order valence-electron chi connectivity index (χ1n) is 4.48. The van der Waals surface area contributed by atoms with Gasteiger partial charge in [-0.15, -0.1) is 0 Å². The summed E-state index contributed by atoms with van der Waals surface area (Å²) in [5, 5.41) is 9.12. The number of carboxylic acids is 1. The standard InChI is InChI=1S/C11H10ClNO3/c12-9-5-7(2-1-3-10(13)14)4-8(6-9)11(15)16/h1-2,4-6H,3H2,(H2,13,14)(H,15,16). The zero-order chi connectivity index (χ0) is 12.1. The zero-order valence-corrected chi connectivity index (χ0v) is 9.07. The van der Waals surface area contributed by atoms with Gasteiger partial charge in [-0.2, -0.15) is 0 Å². The monoisotopic (exact) mass is 239 g/mol. The van der Waals surface area contributed by atoms with Gasteiger partial charge in [0.15, 0.2) is 0 Å². The van der Waals surface area contributed by atoms with E-state index in [0.29, 0.717) is 10.6 Å². The molecule has 0 aliphatic heterocycles. The van der Waals surface area contributed by atoms with E-state index in [0.717, 1.165) is 0 Å². The summed E-state index contributed by atoms with van der Waals surface area (Å²) in [5.74, 6) is -1.50. The SMILES string of the molecule is NC(=O)CC=Cc1cc(Cl)cc(C(=O)O)c1. The van der Waals surface area contributed by atoms with Crippen LogP contribution in [0.25, 0.3) is 6.08 Å². The molecule has 84 valence electrons. The third-order valence-corrected chi connectivity index (χ3v) is 2.01. The lowest BCUT2D eigenvalue weighted by molar-refractivity contribution is -0.117. The first kappa shape index (κ1) is 12.3. The van der Waals surface area contributed by atoms with E-state index in [-0.39, 0.29) is 12.0 Å². The van der Waals surface area contributed by atoms with Crippen LogP contribution in [0, 0.1) is 0 Å². The number of hydrogen-bond donors (Lipinski definition) is 2. The highest BCUT2D eigenvalue weighted by Crippen LogP contribution is 2.16. The Labute approximate surface area is 97.3 Å². The first-order valence-corrected chi connectivity index (χ1v) is 4.85. The van der Waals surface area contributed by atoms with Crippen LogP contribution in [-0.2, 0) is 4.79 Å². The van der Waals surface area contributed by atoms with Crippen molar-refractivity contribution in [2.45, 2.75) is 6.42 Å². The van der Waals surface area contributed by atoms with Gasteiger partial charge in [0.05, 0.1) is 5.56 Å². The molecule has 0 unspecified atom stereocenters. The maximum Gasteiger partial charge on any atom is 0.335 e. The van der Waals surface area contributed by atoms with Crippen LogP contribution in [0.3, 0.4) is 0 Å². The quantitative estimate of drug-likeness (QED) is 0.842. The van der Waals surface area contributed by atoms with Crippen molar-refractivity contribution >= 4 is 29.6 Å². The van der Waals surface area contributed by atoms with E-state index < -0.39 is 11.9 Å². The van der Waals surface area contributed by atoms with Gasteiger partial charge in [0.2, 0.25) is 5.91 Å². The molecule has 0 fully saturated rings. The number of carbonyl (C=O) groups excluding carboxylic acids is 1. The molecule has 0 spiro atoms. The molecule has 16 heavy (non-hydrogen) atoms. The van der Waals surface area contributed by atoms with Gasteiger partial charge >= 0.3 is 5.97 Å². The van der Waals surface area contributed by atoms with Crippen LogP contribution in [0.5, 0.6) is 0 Å².